The zero-order valence-electron chi connectivity index (χ0n) is 12.2. The first-order valence-electron chi connectivity index (χ1n) is 6.71. The van der Waals surface area contributed by atoms with Crippen LogP contribution in [0.5, 0.6) is 0 Å². The normalized spacial score (nSPS) is 13.4. The van der Waals surface area contributed by atoms with Gasteiger partial charge in [0.2, 0.25) is 11.7 Å². The molecule has 108 valence electrons. The van der Waals surface area contributed by atoms with Crippen molar-refractivity contribution in [2.45, 2.75) is 38.3 Å². The van der Waals surface area contributed by atoms with Crippen LogP contribution in [0.4, 0.5) is 0 Å². The van der Waals surface area contributed by atoms with E-state index in [-0.39, 0.29) is 6.04 Å². The molecule has 1 aromatic carbocycles. The summed E-state index contributed by atoms with van der Waals surface area (Å²) in [6, 6.07) is 9.98. The first kappa shape index (κ1) is 14.7. The maximum absolute atomic E-state index is 6.15. The van der Waals surface area contributed by atoms with Crippen molar-refractivity contribution in [2.24, 2.45) is 5.73 Å². The smallest absolute Gasteiger partial charge is 0.226 e. The van der Waals surface area contributed by atoms with Crippen LogP contribution in [0.2, 0.25) is 0 Å². The summed E-state index contributed by atoms with van der Waals surface area (Å²) < 4.78 is 10.6. The zero-order valence-corrected chi connectivity index (χ0v) is 12.2. The van der Waals surface area contributed by atoms with Crippen LogP contribution < -0.4 is 5.73 Å². The molecule has 2 rings (SSSR count). The number of nitrogens with zero attached hydrogens (tertiary/aromatic N) is 2. The number of aryl methyl sites for hydroxylation is 1. The third-order valence-electron chi connectivity index (χ3n) is 3.41. The van der Waals surface area contributed by atoms with Gasteiger partial charge in [0.25, 0.3) is 0 Å². The second-order valence-electron chi connectivity index (χ2n) is 5.28. The van der Waals surface area contributed by atoms with E-state index in [1.165, 1.54) is 0 Å². The van der Waals surface area contributed by atoms with E-state index in [0.29, 0.717) is 18.1 Å². The molecule has 0 aliphatic carbocycles. The Morgan fingerprint density at radius 1 is 1.30 bits per heavy atom. The molecule has 1 unspecified atom stereocenters. The zero-order chi connectivity index (χ0) is 14.6. The van der Waals surface area contributed by atoms with Gasteiger partial charge in [-0.1, -0.05) is 35.5 Å². The third-order valence-corrected chi connectivity index (χ3v) is 3.41. The molecule has 0 bridgehead atoms. The summed E-state index contributed by atoms with van der Waals surface area (Å²) in [5.41, 5.74) is 6.72. The van der Waals surface area contributed by atoms with Crippen molar-refractivity contribution in [2.75, 3.05) is 7.11 Å². The number of rotatable bonds is 6. The summed E-state index contributed by atoms with van der Waals surface area (Å²) in [7, 11) is 1.63. The van der Waals surface area contributed by atoms with Gasteiger partial charge in [-0.25, -0.2) is 0 Å². The van der Waals surface area contributed by atoms with Crippen LogP contribution in [0, 0.1) is 0 Å². The molecule has 0 fully saturated rings. The maximum atomic E-state index is 6.15. The lowest BCUT2D eigenvalue weighted by Gasteiger charge is -2.17. The van der Waals surface area contributed by atoms with Gasteiger partial charge in [0.15, 0.2) is 0 Å². The topological polar surface area (TPSA) is 74.2 Å². The van der Waals surface area contributed by atoms with E-state index in [1.807, 2.05) is 44.2 Å². The average Bonchev–Trinajstić information content (AvgIpc) is 2.95. The van der Waals surface area contributed by atoms with E-state index in [0.717, 1.165) is 12.0 Å². The predicted octanol–water partition coefficient (Wildman–Crippen LogP) is 2.58. The molecular formula is C15H21N3O2. The molecule has 0 spiro atoms. The van der Waals surface area contributed by atoms with Crippen molar-refractivity contribution in [3.05, 3.63) is 47.6 Å². The Labute approximate surface area is 119 Å². The minimum atomic E-state index is -0.538. The van der Waals surface area contributed by atoms with Gasteiger partial charge >= 0.3 is 0 Å². The van der Waals surface area contributed by atoms with Gasteiger partial charge in [0.1, 0.15) is 5.60 Å². The number of aromatic nitrogens is 2. The molecule has 0 aliphatic rings. The van der Waals surface area contributed by atoms with E-state index in [9.17, 15) is 0 Å². The molecule has 5 heteroatoms. The van der Waals surface area contributed by atoms with Gasteiger partial charge in [0, 0.05) is 19.6 Å². The lowest BCUT2D eigenvalue weighted by atomic mass is 10.0. The molecule has 5 nitrogen and oxygen atoms in total. The highest BCUT2D eigenvalue weighted by atomic mass is 16.5. The molecule has 2 aromatic rings. The highest BCUT2D eigenvalue weighted by molar-refractivity contribution is 5.18. The number of hydrogen-bond acceptors (Lipinski definition) is 5. The highest BCUT2D eigenvalue weighted by Crippen LogP contribution is 2.21. The van der Waals surface area contributed by atoms with Crippen molar-refractivity contribution in [3.8, 4) is 0 Å². The Balaban J connectivity index is 1.95. The van der Waals surface area contributed by atoms with Crippen LogP contribution in [0.25, 0.3) is 0 Å². The molecule has 0 saturated carbocycles. The average molecular weight is 275 g/mol. The molecule has 0 radical (unpaired) electrons. The highest BCUT2D eigenvalue weighted by Gasteiger charge is 2.26. The first-order valence-corrected chi connectivity index (χ1v) is 6.71. The van der Waals surface area contributed by atoms with E-state index in [2.05, 4.69) is 10.1 Å². The Morgan fingerprint density at radius 2 is 2.00 bits per heavy atom. The number of hydrogen-bond donors (Lipinski definition) is 1. The minimum Gasteiger partial charge on any atom is -0.371 e. The quantitative estimate of drug-likeness (QED) is 0.877. The van der Waals surface area contributed by atoms with Crippen LogP contribution in [0.1, 0.15) is 43.6 Å². The second-order valence-corrected chi connectivity index (χ2v) is 5.28. The summed E-state index contributed by atoms with van der Waals surface area (Å²) >= 11 is 0. The molecule has 1 heterocycles. The van der Waals surface area contributed by atoms with Crippen molar-refractivity contribution in [1.29, 1.82) is 0 Å². The Hall–Kier alpha value is -1.72. The van der Waals surface area contributed by atoms with Crippen LogP contribution in [-0.4, -0.2) is 17.3 Å². The first-order chi connectivity index (χ1) is 9.53. The van der Waals surface area contributed by atoms with Gasteiger partial charge in [-0.05, 0) is 25.8 Å². The predicted molar refractivity (Wildman–Crippen MR) is 76.0 cm³/mol. The monoisotopic (exact) mass is 275 g/mol. The lowest BCUT2D eigenvalue weighted by molar-refractivity contribution is 0.00973. The summed E-state index contributed by atoms with van der Waals surface area (Å²) in [5.74, 6) is 1.15. The lowest BCUT2D eigenvalue weighted by Crippen LogP contribution is -2.21. The number of ether oxygens (including phenoxy) is 1. The number of methoxy groups -OCH3 is 1. The molecule has 1 aromatic heterocycles. The minimum absolute atomic E-state index is 0.0259. The van der Waals surface area contributed by atoms with Gasteiger partial charge in [0.05, 0.1) is 0 Å². The Kier molecular flexibility index (Phi) is 4.52. The molecular weight excluding hydrogens is 254 g/mol. The van der Waals surface area contributed by atoms with Gasteiger partial charge in [-0.3, -0.25) is 0 Å². The molecule has 0 amide bonds. The van der Waals surface area contributed by atoms with Crippen molar-refractivity contribution < 1.29 is 9.26 Å². The maximum Gasteiger partial charge on any atom is 0.226 e. The fourth-order valence-corrected chi connectivity index (χ4v) is 1.84. The van der Waals surface area contributed by atoms with Crippen molar-refractivity contribution >= 4 is 0 Å². The van der Waals surface area contributed by atoms with E-state index >= 15 is 0 Å². The SMILES string of the molecule is COC(C)(C)c1noc(CCC(N)c2ccccc2)n1. The van der Waals surface area contributed by atoms with E-state index in [1.54, 1.807) is 7.11 Å². The third kappa shape index (κ3) is 3.43. The van der Waals surface area contributed by atoms with Crippen LogP contribution in [-0.2, 0) is 16.8 Å². The van der Waals surface area contributed by atoms with E-state index in [4.69, 9.17) is 15.0 Å². The fraction of sp³-hybridized carbons (Fsp3) is 0.467. The molecule has 2 N–H and O–H groups in total. The molecule has 1 atom stereocenters. The summed E-state index contributed by atoms with van der Waals surface area (Å²) in [6.07, 6.45) is 1.42. The standard InChI is InChI=1S/C15H21N3O2/c1-15(2,19-3)14-17-13(20-18-14)10-9-12(16)11-7-5-4-6-8-11/h4-8,12H,9-10,16H2,1-3H3. The van der Waals surface area contributed by atoms with Crippen molar-refractivity contribution in [1.82, 2.24) is 10.1 Å². The van der Waals surface area contributed by atoms with Gasteiger partial charge in [-0.2, -0.15) is 4.98 Å². The summed E-state index contributed by atoms with van der Waals surface area (Å²) in [4.78, 5) is 4.36. The number of benzene rings is 1. The van der Waals surface area contributed by atoms with Crippen molar-refractivity contribution in [3.63, 3.8) is 0 Å². The molecule has 0 aliphatic heterocycles. The second kappa shape index (κ2) is 6.15. The molecule has 0 saturated heterocycles. The summed E-state index contributed by atoms with van der Waals surface area (Å²) in [5, 5.41) is 3.96. The summed E-state index contributed by atoms with van der Waals surface area (Å²) in [6.45, 7) is 3.80. The number of nitrogens with two attached hydrogens (primary N) is 1. The molecule has 20 heavy (non-hydrogen) atoms. The fourth-order valence-electron chi connectivity index (χ4n) is 1.84. The Morgan fingerprint density at radius 3 is 2.65 bits per heavy atom. The van der Waals surface area contributed by atoms with Gasteiger partial charge in [-0.15, -0.1) is 0 Å². The largest absolute Gasteiger partial charge is 0.371 e. The van der Waals surface area contributed by atoms with E-state index < -0.39 is 5.60 Å². The van der Waals surface area contributed by atoms with Crippen LogP contribution >= 0.6 is 0 Å². The van der Waals surface area contributed by atoms with Crippen LogP contribution in [0.3, 0.4) is 0 Å². The van der Waals surface area contributed by atoms with Gasteiger partial charge < -0.3 is 15.0 Å². The van der Waals surface area contributed by atoms with Crippen LogP contribution in [0.15, 0.2) is 34.9 Å². The Bertz CT molecular complexity index is 537.